The number of rotatable bonds is 4. The molecule has 0 saturated heterocycles. The van der Waals surface area contributed by atoms with Crippen molar-refractivity contribution >= 4 is 43.4 Å². The largest absolute Gasteiger partial charge is 0.248 e. The molecule has 11 rings (SSSR count). The summed E-state index contributed by atoms with van der Waals surface area (Å²) in [5.41, 5.74) is 17.1. The van der Waals surface area contributed by atoms with E-state index in [0.717, 1.165) is 16.4 Å². The summed E-state index contributed by atoms with van der Waals surface area (Å²) in [6, 6.07) is 68.5. The average Bonchev–Trinajstić information content (AvgIpc) is 3.54. The van der Waals surface area contributed by atoms with Crippen molar-refractivity contribution < 1.29 is 0 Å². The molecule has 0 amide bonds. The van der Waals surface area contributed by atoms with E-state index in [2.05, 4.69) is 188 Å². The van der Waals surface area contributed by atoms with Gasteiger partial charge in [0.2, 0.25) is 0 Å². The third kappa shape index (κ3) is 4.20. The van der Waals surface area contributed by atoms with Crippen LogP contribution in [0.15, 0.2) is 188 Å². The second-order valence-corrected chi connectivity index (χ2v) is 13.8. The Kier molecular flexibility index (Phi) is 6.32. The van der Waals surface area contributed by atoms with Crippen LogP contribution in [-0.2, 0) is 0 Å². The molecule has 0 spiro atoms. The van der Waals surface area contributed by atoms with Crippen LogP contribution in [0.2, 0.25) is 0 Å². The topological polar surface area (TPSA) is 12.9 Å². The number of fused-ring (bicyclic) bond motifs is 6. The summed E-state index contributed by atoms with van der Waals surface area (Å²) in [5.74, 6) is 0. The Morgan fingerprint density at radius 1 is 0.250 bits per heavy atom. The average molecular weight is 658 g/mol. The molecule has 9 aromatic carbocycles. The van der Waals surface area contributed by atoms with Gasteiger partial charge >= 0.3 is 0 Å². The summed E-state index contributed by atoms with van der Waals surface area (Å²) in [5, 5.41) is 7.45. The molecule has 0 unspecified atom stereocenters. The van der Waals surface area contributed by atoms with Crippen molar-refractivity contribution in [2.75, 3.05) is 0 Å². The second kappa shape index (κ2) is 11.3. The Morgan fingerprint density at radius 3 is 1.40 bits per heavy atom. The highest BCUT2D eigenvalue weighted by molar-refractivity contribution is 6.30. The number of benzene rings is 9. The van der Waals surface area contributed by atoms with E-state index < -0.39 is 0 Å². The predicted molar refractivity (Wildman–Crippen MR) is 220 cm³/mol. The molecule has 240 valence electrons. The SMILES string of the molecule is c1ccc(-c2ccc3c(-c4ccc5c6c(cccc46)-c4c-5c(-c5ccccc5)c5ccccc5c4-c4ccccc4)c4ccccc4nc3c2)cc1. The lowest BCUT2D eigenvalue weighted by Crippen LogP contribution is -1.93. The van der Waals surface area contributed by atoms with Crippen LogP contribution in [0.4, 0.5) is 0 Å². The Labute approximate surface area is 302 Å². The van der Waals surface area contributed by atoms with Gasteiger partial charge < -0.3 is 0 Å². The maximum atomic E-state index is 5.23. The normalized spacial score (nSPS) is 11.8. The molecule has 0 saturated carbocycles. The van der Waals surface area contributed by atoms with Gasteiger partial charge in [0.15, 0.2) is 0 Å². The summed E-state index contributed by atoms with van der Waals surface area (Å²) in [7, 11) is 0. The van der Waals surface area contributed by atoms with Gasteiger partial charge in [-0.2, -0.15) is 0 Å². The molecule has 0 bridgehead atoms. The van der Waals surface area contributed by atoms with Gasteiger partial charge in [0.25, 0.3) is 0 Å². The van der Waals surface area contributed by atoms with E-state index in [-0.39, 0.29) is 0 Å². The zero-order chi connectivity index (χ0) is 34.2. The molecule has 0 atom stereocenters. The maximum absolute atomic E-state index is 5.23. The van der Waals surface area contributed by atoms with Gasteiger partial charge in [-0.1, -0.05) is 176 Å². The van der Waals surface area contributed by atoms with Crippen molar-refractivity contribution in [3.63, 3.8) is 0 Å². The van der Waals surface area contributed by atoms with Crippen molar-refractivity contribution in [2.45, 2.75) is 0 Å². The second-order valence-electron chi connectivity index (χ2n) is 13.8. The van der Waals surface area contributed by atoms with Crippen LogP contribution in [0.3, 0.4) is 0 Å². The first-order valence-electron chi connectivity index (χ1n) is 18.0. The van der Waals surface area contributed by atoms with Crippen LogP contribution < -0.4 is 0 Å². The molecule has 0 aliphatic heterocycles. The minimum atomic E-state index is 1.01. The van der Waals surface area contributed by atoms with Crippen molar-refractivity contribution in [1.82, 2.24) is 4.98 Å². The Bertz CT molecular complexity index is 2940. The van der Waals surface area contributed by atoms with Crippen LogP contribution in [-0.4, -0.2) is 4.98 Å². The lowest BCUT2D eigenvalue weighted by molar-refractivity contribution is 1.49. The molecular formula is C51H31N. The molecule has 1 nitrogen and oxygen atoms in total. The number of para-hydroxylation sites is 1. The molecule has 1 heterocycles. The van der Waals surface area contributed by atoms with Crippen LogP contribution >= 0.6 is 0 Å². The third-order valence-electron chi connectivity index (χ3n) is 11.0. The molecule has 1 heteroatoms. The van der Waals surface area contributed by atoms with Crippen molar-refractivity contribution in [1.29, 1.82) is 0 Å². The lowest BCUT2D eigenvalue weighted by atomic mass is 9.82. The summed E-state index contributed by atoms with van der Waals surface area (Å²) in [6.45, 7) is 0. The van der Waals surface area contributed by atoms with E-state index in [9.17, 15) is 0 Å². The van der Waals surface area contributed by atoms with Gasteiger partial charge in [0, 0.05) is 16.3 Å². The zero-order valence-corrected chi connectivity index (χ0v) is 28.3. The minimum Gasteiger partial charge on any atom is -0.248 e. The quantitative estimate of drug-likeness (QED) is 0.172. The smallest absolute Gasteiger partial charge is 0.0722 e. The van der Waals surface area contributed by atoms with Gasteiger partial charge in [-0.15, -0.1) is 0 Å². The number of nitrogens with zero attached hydrogens (tertiary/aromatic N) is 1. The van der Waals surface area contributed by atoms with E-state index in [1.165, 1.54) is 93.7 Å². The van der Waals surface area contributed by atoms with Crippen molar-refractivity contribution in [3.8, 4) is 66.8 Å². The summed E-state index contributed by atoms with van der Waals surface area (Å²) < 4.78 is 0. The van der Waals surface area contributed by atoms with E-state index in [0.29, 0.717) is 0 Å². The fraction of sp³-hybridized carbons (Fsp3) is 0. The van der Waals surface area contributed by atoms with Crippen LogP contribution in [0.1, 0.15) is 0 Å². The molecule has 1 aliphatic rings. The molecular weight excluding hydrogens is 627 g/mol. The number of hydrogen-bond acceptors (Lipinski definition) is 1. The fourth-order valence-electron chi connectivity index (χ4n) is 8.82. The highest BCUT2D eigenvalue weighted by Crippen LogP contribution is 2.58. The molecule has 52 heavy (non-hydrogen) atoms. The molecule has 0 N–H and O–H groups in total. The van der Waals surface area contributed by atoms with Gasteiger partial charge in [-0.25, -0.2) is 4.98 Å². The minimum absolute atomic E-state index is 1.01. The van der Waals surface area contributed by atoms with Crippen LogP contribution in [0.25, 0.3) is 110 Å². The highest BCUT2D eigenvalue weighted by Gasteiger charge is 2.31. The van der Waals surface area contributed by atoms with Crippen LogP contribution in [0, 0.1) is 0 Å². The van der Waals surface area contributed by atoms with E-state index >= 15 is 0 Å². The van der Waals surface area contributed by atoms with Gasteiger partial charge in [0.1, 0.15) is 0 Å². The molecule has 1 aromatic heterocycles. The highest BCUT2D eigenvalue weighted by atomic mass is 14.7. The monoisotopic (exact) mass is 657 g/mol. The van der Waals surface area contributed by atoms with Gasteiger partial charge in [-0.05, 0) is 94.9 Å². The standard InChI is InChI=1S/C51H31N/c1-4-15-32(16-5-1)35-27-28-41-45(31-35)52-44-26-13-12-23-40(44)48(41)39-29-30-43-49-38(39)24-14-25-42(49)50-46(33-17-6-2-7-18-33)36-21-10-11-22-37(36)47(51(43)50)34-19-8-3-9-20-34/h1-31H. The molecule has 10 aromatic rings. The Balaban J connectivity index is 1.26. The van der Waals surface area contributed by atoms with E-state index in [1.54, 1.807) is 0 Å². The van der Waals surface area contributed by atoms with E-state index in [4.69, 9.17) is 4.98 Å². The summed E-state index contributed by atoms with van der Waals surface area (Å²) >= 11 is 0. The summed E-state index contributed by atoms with van der Waals surface area (Å²) in [4.78, 5) is 5.23. The fourth-order valence-corrected chi connectivity index (χ4v) is 8.82. The molecule has 0 radical (unpaired) electrons. The first-order chi connectivity index (χ1) is 25.8. The van der Waals surface area contributed by atoms with E-state index in [1.807, 2.05) is 0 Å². The first-order valence-corrected chi connectivity index (χ1v) is 18.0. The Morgan fingerprint density at radius 2 is 0.750 bits per heavy atom. The first kappa shape index (κ1) is 29.0. The molecule has 1 aliphatic carbocycles. The number of pyridine rings is 1. The maximum Gasteiger partial charge on any atom is 0.0722 e. The van der Waals surface area contributed by atoms with Gasteiger partial charge in [-0.3, -0.25) is 0 Å². The van der Waals surface area contributed by atoms with Crippen molar-refractivity contribution in [3.05, 3.63) is 188 Å². The van der Waals surface area contributed by atoms with Gasteiger partial charge in [0.05, 0.1) is 11.0 Å². The predicted octanol–water partition coefficient (Wildman–Crippen LogP) is 14.0. The van der Waals surface area contributed by atoms with Crippen molar-refractivity contribution in [2.24, 2.45) is 0 Å². The lowest BCUT2D eigenvalue weighted by Gasteiger charge is -2.20. The number of aromatic nitrogens is 1. The van der Waals surface area contributed by atoms with Crippen LogP contribution in [0.5, 0.6) is 0 Å². The Hall–Kier alpha value is -6.83. The summed E-state index contributed by atoms with van der Waals surface area (Å²) in [6.07, 6.45) is 0. The molecule has 0 fully saturated rings. The zero-order valence-electron chi connectivity index (χ0n) is 28.3. The number of hydrogen-bond donors (Lipinski definition) is 0. The third-order valence-corrected chi connectivity index (χ3v) is 11.0.